The molecule has 0 rings (SSSR count). The Balaban J connectivity index is 2.79. The first-order valence-corrected chi connectivity index (χ1v) is 5.31. The van der Waals surface area contributed by atoms with Crippen molar-refractivity contribution in [1.29, 1.82) is 0 Å². The monoisotopic (exact) mass is 183 g/mol. The van der Waals surface area contributed by atoms with Crippen LogP contribution in [0.1, 0.15) is 51.4 Å². The quantitative estimate of drug-likeness (QED) is 0.409. The molecule has 0 spiro atoms. The summed E-state index contributed by atoms with van der Waals surface area (Å²) in [6.45, 7) is 4.59. The zero-order valence-electron chi connectivity index (χ0n) is 8.48. The number of rotatable bonds is 10. The maximum atomic E-state index is 9.77. The van der Waals surface area contributed by atoms with Gasteiger partial charge in [0, 0.05) is 6.54 Å². The molecule has 1 amide bonds. The molecule has 1 N–H and O–H groups in total. The summed E-state index contributed by atoms with van der Waals surface area (Å²) in [5, 5.41) is 2.55. The van der Waals surface area contributed by atoms with Gasteiger partial charge in [-0.2, -0.15) is 0 Å². The largest absolute Gasteiger partial charge is 0.348 e. The summed E-state index contributed by atoms with van der Waals surface area (Å²) < 4.78 is 0. The van der Waals surface area contributed by atoms with E-state index in [-0.39, 0.29) is 0 Å². The molecule has 0 saturated heterocycles. The van der Waals surface area contributed by atoms with Crippen LogP contribution in [0.4, 0.5) is 0 Å². The molecule has 2 radical (unpaired) electrons. The molecular weight excluding hydrogens is 162 g/mol. The van der Waals surface area contributed by atoms with Crippen LogP contribution in [-0.2, 0) is 4.79 Å². The average Bonchev–Trinajstić information content (AvgIpc) is 2.16. The molecule has 0 aromatic carbocycles. The van der Waals surface area contributed by atoms with E-state index in [1.165, 1.54) is 38.5 Å². The zero-order chi connectivity index (χ0) is 9.78. The Kier molecular flexibility index (Phi) is 11.0. The van der Waals surface area contributed by atoms with Crippen molar-refractivity contribution in [3.8, 4) is 0 Å². The zero-order valence-corrected chi connectivity index (χ0v) is 8.48. The first kappa shape index (κ1) is 12.5. The smallest absolute Gasteiger partial charge is 0.309 e. The number of amides is 1. The van der Waals surface area contributed by atoms with Crippen LogP contribution >= 0.6 is 0 Å². The summed E-state index contributed by atoms with van der Waals surface area (Å²) in [6.07, 6.45) is 11.6. The molecule has 0 saturated carbocycles. The highest BCUT2D eigenvalue weighted by atomic mass is 16.1. The highest BCUT2D eigenvalue weighted by Crippen LogP contribution is 2.07. The fourth-order valence-electron chi connectivity index (χ4n) is 1.33. The van der Waals surface area contributed by atoms with Gasteiger partial charge in [-0.3, -0.25) is 4.79 Å². The third kappa shape index (κ3) is 11.5. The molecule has 0 aliphatic carbocycles. The molecule has 2 nitrogen and oxygen atoms in total. The first-order valence-electron chi connectivity index (χ1n) is 5.31. The molecule has 0 unspecified atom stereocenters. The van der Waals surface area contributed by atoms with E-state index in [9.17, 15) is 4.79 Å². The molecule has 0 atom stereocenters. The fourth-order valence-corrected chi connectivity index (χ4v) is 1.33. The third-order valence-electron chi connectivity index (χ3n) is 2.12. The molecule has 2 heteroatoms. The van der Waals surface area contributed by atoms with Crippen LogP contribution in [-0.4, -0.2) is 13.0 Å². The van der Waals surface area contributed by atoms with E-state index in [1.807, 2.05) is 0 Å². The minimum Gasteiger partial charge on any atom is -0.348 e. The van der Waals surface area contributed by atoms with E-state index in [0.717, 1.165) is 19.4 Å². The van der Waals surface area contributed by atoms with E-state index in [0.29, 0.717) is 0 Å². The summed E-state index contributed by atoms with van der Waals surface area (Å²) >= 11 is 0. The Hall–Kier alpha value is -0.530. The maximum absolute atomic E-state index is 9.77. The van der Waals surface area contributed by atoms with Gasteiger partial charge < -0.3 is 5.32 Å². The van der Waals surface area contributed by atoms with Crippen LogP contribution in [0.2, 0.25) is 0 Å². The highest BCUT2D eigenvalue weighted by molar-refractivity contribution is 5.46. The second kappa shape index (κ2) is 11.5. The molecule has 0 fully saturated rings. The van der Waals surface area contributed by atoms with E-state index >= 15 is 0 Å². The molecule has 0 bridgehead atoms. The standard InChI is InChI=1S/C11H21NO/c1-2-3-4-5-6-7-8-9-10-12-11-13/h1-10H2,(H,12,13). The number of nitrogens with one attached hydrogen (secondary N) is 1. The van der Waals surface area contributed by atoms with Gasteiger partial charge in [-0.1, -0.05) is 51.9 Å². The van der Waals surface area contributed by atoms with E-state index < -0.39 is 0 Å². The van der Waals surface area contributed by atoms with Crippen LogP contribution in [0.15, 0.2) is 0 Å². The van der Waals surface area contributed by atoms with Gasteiger partial charge in [-0.05, 0) is 6.42 Å². The topological polar surface area (TPSA) is 29.1 Å². The number of hydrogen-bond acceptors (Lipinski definition) is 1. The lowest BCUT2D eigenvalue weighted by Crippen LogP contribution is -2.11. The summed E-state index contributed by atoms with van der Waals surface area (Å²) in [5.74, 6) is 0. The average molecular weight is 183 g/mol. The molecule has 0 aliphatic heterocycles. The van der Waals surface area contributed by atoms with Crippen LogP contribution in [0.3, 0.4) is 0 Å². The Labute approximate surface area is 82.1 Å². The van der Waals surface area contributed by atoms with Crippen molar-refractivity contribution in [1.82, 2.24) is 5.32 Å². The lowest BCUT2D eigenvalue weighted by Gasteiger charge is -2.00. The van der Waals surface area contributed by atoms with Crippen molar-refractivity contribution < 1.29 is 4.79 Å². The molecule has 0 heterocycles. The number of unbranched alkanes of at least 4 members (excludes halogenated alkanes) is 7. The molecule has 76 valence electrons. The van der Waals surface area contributed by atoms with Gasteiger partial charge in [-0.15, -0.1) is 0 Å². The Morgan fingerprint density at radius 3 is 2.00 bits per heavy atom. The van der Waals surface area contributed by atoms with Crippen LogP contribution in [0, 0.1) is 6.92 Å². The van der Waals surface area contributed by atoms with Crippen molar-refractivity contribution in [2.75, 3.05) is 6.54 Å². The Morgan fingerprint density at radius 1 is 0.923 bits per heavy atom. The van der Waals surface area contributed by atoms with Crippen molar-refractivity contribution >= 4 is 6.41 Å². The number of carbonyl (C=O) groups excluding carboxylic acids is 1. The summed E-state index contributed by atoms with van der Waals surface area (Å²) in [5.41, 5.74) is 0. The number of hydrogen-bond donors (Lipinski definition) is 1. The van der Waals surface area contributed by atoms with E-state index in [1.54, 1.807) is 6.41 Å². The third-order valence-corrected chi connectivity index (χ3v) is 2.12. The van der Waals surface area contributed by atoms with Gasteiger partial charge in [0.05, 0.1) is 0 Å². The first-order chi connectivity index (χ1) is 6.41. The maximum Gasteiger partial charge on any atom is 0.309 e. The molecule has 13 heavy (non-hydrogen) atoms. The Morgan fingerprint density at radius 2 is 1.46 bits per heavy atom. The summed E-state index contributed by atoms with van der Waals surface area (Å²) in [6, 6.07) is 0. The minimum atomic E-state index is 0.780. The van der Waals surface area contributed by atoms with Crippen molar-refractivity contribution in [3.05, 3.63) is 6.92 Å². The summed E-state index contributed by atoms with van der Waals surface area (Å²) in [7, 11) is 0. The van der Waals surface area contributed by atoms with Crippen molar-refractivity contribution in [3.63, 3.8) is 0 Å². The second-order valence-corrected chi connectivity index (χ2v) is 3.36. The second-order valence-electron chi connectivity index (χ2n) is 3.36. The summed E-state index contributed by atoms with van der Waals surface area (Å²) in [4.78, 5) is 9.77. The molecule has 0 aliphatic rings. The van der Waals surface area contributed by atoms with Crippen molar-refractivity contribution in [2.24, 2.45) is 0 Å². The van der Waals surface area contributed by atoms with Crippen LogP contribution in [0.5, 0.6) is 0 Å². The van der Waals surface area contributed by atoms with Gasteiger partial charge >= 0.3 is 6.41 Å². The van der Waals surface area contributed by atoms with Crippen LogP contribution in [0.25, 0.3) is 0 Å². The predicted octanol–water partition coefficient (Wildman–Crippen LogP) is 2.60. The molecule has 0 aromatic heterocycles. The minimum absolute atomic E-state index is 0.780. The van der Waals surface area contributed by atoms with Crippen LogP contribution < -0.4 is 5.32 Å². The molecule has 0 aromatic rings. The fraction of sp³-hybridized carbons (Fsp3) is 0.818. The lowest BCUT2D eigenvalue weighted by atomic mass is 10.1. The Bertz CT molecular complexity index is 104. The lowest BCUT2D eigenvalue weighted by molar-refractivity contribution is 0.533. The highest BCUT2D eigenvalue weighted by Gasteiger charge is 1.90. The normalized spacial score (nSPS) is 9.92. The van der Waals surface area contributed by atoms with E-state index in [2.05, 4.69) is 12.2 Å². The van der Waals surface area contributed by atoms with Gasteiger partial charge in [-0.25, -0.2) is 0 Å². The molecular formula is C11H21NO. The van der Waals surface area contributed by atoms with E-state index in [4.69, 9.17) is 0 Å². The van der Waals surface area contributed by atoms with Gasteiger partial charge in [0.2, 0.25) is 0 Å². The van der Waals surface area contributed by atoms with Gasteiger partial charge in [0.1, 0.15) is 0 Å². The van der Waals surface area contributed by atoms with Crippen molar-refractivity contribution in [2.45, 2.75) is 51.4 Å². The predicted molar refractivity (Wildman–Crippen MR) is 56.0 cm³/mol. The van der Waals surface area contributed by atoms with Gasteiger partial charge in [0.25, 0.3) is 0 Å². The SMILES string of the molecule is [CH2]CCCCCCCCCN[C]=O. The van der Waals surface area contributed by atoms with Gasteiger partial charge in [0.15, 0.2) is 0 Å².